The zero-order valence-electron chi connectivity index (χ0n) is 13.3. The molecule has 0 atom stereocenters. The number of anilines is 1. The number of ether oxygens (including phenoxy) is 1. The molecule has 0 bridgehead atoms. The van der Waals surface area contributed by atoms with E-state index in [-0.39, 0.29) is 28.4 Å². The van der Waals surface area contributed by atoms with Gasteiger partial charge in [-0.15, -0.1) is 0 Å². The summed E-state index contributed by atoms with van der Waals surface area (Å²) in [4.78, 5) is 21.9. The summed E-state index contributed by atoms with van der Waals surface area (Å²) in [5, 5.41) is 10.8. The van der Waals surface area contributed by atoms with Crippen molar-refractivity contribution in [2.45, 2.75) is 18.2 Å². The van der Waals surface area contributed by atoms with Gasteiger partial charge >= 0.3 is 5.97 Å². The van der Waals surface area contributed by atoms with E-state index in [0.717, 1.165) is 6.07 Å². The molecule has 0 spiro atoms. The van der Waals surface area contributed by atoms with Gasteiger partial charge in [-0.3, -0.25) is 14.8 Å². The molecular weight excluding hydrogens is 348 g/mol. The van der Waals surface area contributed by atoms with Crippen LogP contribution in [0.1, 0.15) is 23.7 Å². The molecule has 0 saturated carbocycles. The highest BCUT2D eigenvalue weighted by Crippen LogP contribution is 2.23. The molecule has 0 unspecified atom stereocenters. The Balaban J connectivity index is 2.34. The number of rotatable bonds is 7. The Morgan fingerprint density at radius 2 is 1.92 bits per heavy atom. The van der Waals surface area contributed by atoms with Crippen LogP contribution in [-0.2, 0) is 14.8 Å². The maximum Gasteiger partial charge on any atom is 0.340 e. The predicted molar refractivity (Wildman–Crippen MR) is 90.9 cm³/mol. The average Bonchev–Trinajstić information content (AvgIpc) is 2.60. The second kappa shape index (κ2) is 7.75. The number of carbonyl (C=O) groups excluding carboxylic acids is 1. The number of non-ortho nitro benzene ring substituents is 1. The van der Waals surface area contributed by atoms with Gasteiger partial charge in [0, 0.05) is 12.1 Å². The Kier molecular flexibility index (Phi) is 5.71. The third-order valence-corrected chi connectivity index (χ3v) is 4.53. The third kappa shape index (κ3) is 4.54. The number of benzene rings is 2. The highest BCUT2D eigenvalue weighted by atomic mass is 32.2. The quantitative estimate of drug-likeness (QED) is 0.459. The molecule has 0 heterocycles. The van der Waals surface area contributed by atoms with Crippen LogP contribution in [0.15, 0.2) is 53.4 Å². The Labute approximate surface area is 144 Å². The van der Waals surface area contributed by atoms with Gasteiger partial charge in [-0.2, -0.15) is 0 Å². The average molecular weight is 364 g/mol. The first kappa shape index (κ1) is 18.4. The molecule has 132 valence electrons. The second-order valence-electron chi connectivity index (χ2n) is 5.04. The molecule has 0 fully saturated rings. The highest BCUT2D eigenvalue weighted by molar-refractivity contribution is 7.92. The minimum absolute atomic E-state index is 0.0371. The Bertz CT molecular complexity index is 895. The van der Waals surface area contributed by atoms with Crippen molar-refractivity contribution in [2.75, 3.05) is 11.3 Å². The van der Waals surface area contributed by atoms with E-state index in [1.54, 1.807) is 12.1 Å². The summed E-state index contributed by atoms with van der Waals surface area (Å²) in [6.07, 6.45) is 0.632. The molecule has 2 aromatic rings. The summed E-state index contributed by atoms with van der Waals surface area (Å²) in [7, 11) is -4.11. The van der Waals surface area contributed by atoms with Crippen LogP contribution in [0.3, 0.4) is 0 Å². The number of hydrogen-bond donors (Lipinski definition) is 1. The van der Waals surface area contributed by atoms with E-state index in [9.17, 15) is 23.3 Å². The number of hydrogen-bond acceptors (Lipinski definition) is 6. The molecule has 0 aromatic heterocycles. The lowest BCUT2D eigenvalue weighted by molar-refractivity contribution is -0.385. The SMILES string of the molecule is CCCOC(=O)c1ccccc1NS(=O)(=O)c1cccc([N+](=O)[O-])c1. The molecule has 25 heavy (non-hydrogen) atoms. The van der Waals surface area contributed by atoms with E-state index in [2.05, 4.69) is 4.72 Å². The lowest BCUT2D eigenvalue weighted by atomic mass is 10.2. The van der Waals surface area contributed by atoms with Gasteiger partial charge in [-0.25, -0.2) is 13.2 Å². The summed E-state index contributed by atoms with van der Waals surface area (Å²) in [5.41, 5.74) is -0.251. The molecule has 0 aliphatic rings. The standard InChI is InChI=1S/C16H16N2O6S/c1-2-10-24-16(19)14-8-3-4-9-15(14)17-25(22,23)13-7-5-6-12(11-13)18(20)21/h3-9,11,17H,2,10H2,1H3. The summed E-state index contributed by atoms with van der Waals surface area (Å²) < 4.78 is 32.3. The first-order valence-electron chi connectivity index (χ1n) is 7.38. The summed E-state index contributed by atoms with van der Waals surface area (Å²) in [6.45, 7) is 2.05. The van der Waals surface area contributed by atoms with E-state index >= 15 is 0 Å². The van der Waals surface area contributed by atoms with Gasteiger partial charge < -0.3 is 4.74 Å². The van der Waals surface area contributed by atoms with Gasteiger partial charge in [-0.05, 0) is 24.6 Å². The van der Waals surface area contributed by atoms with Crippen molar-refractivity contribution < 1.29 is 22.9 Å². The first-order chi connectivity index (χ1) is 11.8. The fraction of sp³-hybridized carbons (Fsp3) is 0.188. The van der Waals surface area contributed by atoms with Crippen molar-refractivity contribution in [2.24, 2.45) is 0 Å². The van der Waals surface area contributed by atoms with E-state index in [1.807, 2.05) is 6.92 Å². The van der Waals surface area contributed by atoms with E-state index in [4.69, 9.17) is 4.74 Å². The van der Waals surface area contributed by atoms with Gasteiger partial charge in [0.15, 0.2) is 0 Å². The molecule has 8 nitrogen and oxygen atoms in total. The number of sulfonamides is 1. The number of nitro groups is 1. The largest absolute Gasteiger partial charge is 0.462 e. The zero-order chi connectivity index (χ0) is 18.4. The molecule has 2 aromatic carbocycles. The van der Waals surface area contributed by atoms with Crippen LogP contribution >= 0.6 is 0 Å². The number of nitrogens with one attached hydrogen (secondary N) is 1. The monoisotopic (exact) mass is 364 g/mol. The normalized spacial score (nSPS) is 10.9. The molecule has 0 saturated heterocycles. The van der Waals surface area contributed by atoms with Gasteiger partial charge in [0.1, 0.15) is 0 Å². The van der Waals surface area contributed by atoms with Crippen LogP contribution < -0.4 is 4.72 Å². The maximum absolute atomic E-state index is 12.5. The smallest absolute Gasteiger partial charge is 0.340 e. The molecule has 0 aliphatic carbocycles. The van der Waals surface area contributed by atoms with Gasteiger partial charge in [-0.1, -0.05) is 25.1 Å². The van der Waals surface area contributed by atoms with E-state index in [0.29, 0.717) is 6.42 Å². The minimum atomic E-state index is -4.11. The van der Waals surface area contributed by atoms with Gasteiger partial charge in [0.2, 0.25) is 0 Å². The number of nitro benzene ring substituents is 1. The fourth-order valence-electron chi connectivity index (χ4n) is 1.99. The van der Waals surface area contributed by atoms with Crippen LogP contribution in [0.25, 0.3) is 0 Å². The van der Waals surface area contributed by atoms with Crippen molar-refractivity contribution in [3.05, 3.63) is 64.2 Å². The lowest BCUT2D eigenvalue weighted by Crippen LogP contribution is -2.16. The molecule has 1 N–H and O–H groups in total. The van der Waals surface area contributed by atoms with Crippen molar-refractivity contribution >= 4 is 27.4 Å². The number of nitrogens with zero attached hydrogens (tertiary/aromatic N) is 1. The van der Waals surface area contributed by atoms with Gasteiger partial charge in [0.25, 0.3) is 15.7 Å². The zero-order valence-corrected chi connectivity index (χ0v) is 14.2. The Hall–Kier alpha value is -2.94. The van der Waals surface area contributed by atoms with Crippen molar-refractivity contribution in [3.8, 4) is 0 Å². The molecular formula is C16H16N2O6S. The third-order valence-electron chi connectivity index (χ3n) is 3.17. The number of esters is 1. The van der Waals surface area contributed by atoms with Gasteiger partial charge in [0.05, 0.1) is 27.7 Å². The van der Waals surface area contributed by atoms with Crippen LogP contribution in [0, 0.1) is 10.1 Å². The van der Waals surface area contributed by atoms with E-state index in [1.165, 1.54) is 30.3 Å². The van der Waals surface area contributed by atoms with Crippen LogP contribution in [0.5, 0.6) is 0 Å². The summed E-state index contributed by atoms with van der Waals surface area (Å²) >= 11 is 0. The number of para-hydroxylation sites is 1. The molecule has 2 rings (SSSR count). The fourth-order valence-corrected chi connectivity index (χ4v) is 3.11. The Morgan fingerprint density at radius 3 is 2.60 bits per heavy atom. The van der Waals surface area contributed by atoms with Crippen molar-refractivity contribution in [1.82, 2.24) is 0 Å². The lowest BCUT2D eigenvalue weighted by Gasteiger charge is -2.12. The Morgan fingerprint density at radius 1 is 1.20 bits per heavy atom. The minimum Gasteiger partial charge on any atom is -0.462 e. The topological polar surface area (TPSA) is 116 Å². The predicted octanol–water partition coefficient (Wildman–Crippen LogP) is 2.96. The summed E-state index contributed by atoms with van der Waals surface area (Å²) in [6, 6.07) is 10.6. The van der Waals surface area contributed by atoms with Crippen molar-refractivity contribution in [1.29, 1.82) is 0 Å². The molecule has 9 heteroatoms. The second-order valence-corrected chi connectivity index (χ2v) is 6.72. The maximum atomic E-state index is 12.5. The van der Waals surface area contributed by atoms with Crippen LogP contribution in [-0.4, -0.2) is 25.9 Å². The molecule has 0 aliphatic heterocycles. The summed E-state index contributed by atoms with van der Waals surface area (Å²) in [5.74, 6) is -0.654. The highest BCUT2D eigenvalue weighted by Gasteiger charge is 2.21. The number of carbonyl (C=O) groups is 1. The molecule has 0 amide bonds. The van der Waals surface area contributed by atoms with E-state index < -0.39 is 20.9 Å². The molecule has 0 radical (unpaired) electrons. The van der Waals surface area contributed by atoms with Crippen LogP contribution in [0.2, 0.25) is 0 Å². The first-order valence-corrected chi connectivity index (χ1v) is 8.87. The van der Waals surface area contributed by atoms with Crippen molar-refractivity contribution in [3.63, 3.8) is 0 Å². The van der Waals surface area contributed by atoms with Crippen LogP contribution in [0.4, 0.5) is 11.4 Å².